The van der Waals surface area contributed by atoms with Crippen molar-refractivity contribution in [3.63, 3.8) is 0 Å². The van der Waals surface area contributed by atoms with Gasteiger partial charge in [-0.25, -0.2) is 0 Å². The first kappa shape index (κ1) is 43.6. The molecule has 0 saturated heterocycles. The second kappa shape index (κ2) is 19.0. The summed E-state index contributed by atoms with van der Waals surface area (Å²) >= 11 is 0. The van der Waals surface area contributed by atoms with Crippen molar-refractivity contribution in [2.24, 2.45) is 0 Å². The van der Waals surface area contributed by atoms with Crippen molar-refractivity contribution in [2.45, 2.75) is 0 Å². The molecule has 12 rings (SSSR count). The summed E-state index contributed by atoms with van der Waals surface area (Å²) in [6.45, 7) is 9.25. The summed E-state index contributed by atoms with van der Waals surface area (Å²) in [6.07, 6.45) is 4.18. The van der Waals surface area contributed by atoms with Crippen LogP contribution in [0.1, 0.15) is 11.1 Å². The van der Waals surface area contributed by atoms with Crippen LogP contribution in [0.15, 0.2) is 286 Å². The topological polar surface area (TPSA) is 21.8 Å². The highest BCUT2D eigenvalue weighted by Crippen LogP contribution is 2.52. The van der Waals surface area contributed by atoms with Crippen LogP contribution in [0.2, 0.25) is 0 Å². The van der Waals surface area contributed by atoms with Gasteiger partial charge in [0.2, 0.25) is 0 Å². The van der Waals surface area contributed by atoms with E-state index in [1.165, 1.54) is 27.1 Å². The molecule has 0 amide bonds. The van der Waals surface area contributed by atoms with Crippen LogP contribution < -0.4 is 20.0 Å². The van der Waals surface area contributed by atoms with Crippen LogP contribution >= 0.6 is 0 Å². The Balaban J connectivity index is 0.878. The van der Waals surface area contributed by atoms with Gasteiger partial charge in [-0.2, -0.15) is 0 Å². The zero-order valence-electron chi connectivity index (χ0n) is 39.7. The highest BCUT2D eigenvalue weighted by molar-refractivity contribution is 6.14. The molecule has 0 aliphatic carbocycles. The van der Waals surface area contributed by atoms with Gasteiger partial charge in [0.1, 0.15) is 0 Å². The Morgan fingerprint density at radius 2 is 0.903 bits per heavy atom. The monoisotopic (exact) mass is 922 g/mol. The summed E-state index contributed by atoms with van der Waals surface area (Å²) < 4.78 is 0. The average molecular weight is 923 g/mol. The number of benzene rings is 11. The Labute approximate surface area is 421 Å². The third-order valence-electron chi connectivity index (χ3n) is 13.5. The smallest absolute Gasteiger partial charge is 0.0546 e. The number of fused-ring (bicyclic) bond motifs is 3. The molecule has 4 heteroatoms. The van der Waals surface area contributed by atoms with Gasteiger partial charge in [-0.3, -0.25) is 0 Å². The maximum absolute atomic E-state index is 4.63. The molecule has 342 valence electrons. The van der Waals surface area contributed by atoms with E-state index in [0.717, 1.165) is 90.4 Å². The first-order chi connectivity index (χ1) is 35.5. The van der Waals surface area contributed by atoms with Gasteiger partial charge >= 0.3 is 0 Å². The van der Waals surface area contributed by atoms with E-state index < -0.39 is 0 Å². The Kier molecular flexibility index (Phi) is 11.5. The van der Waals surface area contributed by atoms with Gasteiger partial charge in [-0.05, 0) is 154 Å². The number of nitrogens with zero attached hydrogens (tertiary/aromatic N) is 3. The maximum atomic E-state index is 4.63. The van der Waals surface area contributed by atoms with Crippen molar-refractivity contribution >= 4 is 95.3 Å². The average Bonchev–Trinajstić information content (AvgIpc) is 3.44. The normalized spacial score (nSPS) is 11.6. The Morgan fingerprint density at radius 1 is 0.375 bits per heavy atom. The molecule has 0 spiro atoms. The van der Waals surface area contributed by atoms with E-state index in [0.29, 0.717) is 0 Å². The number of nitrogens with one attached hydrogen (secondary N) is 1. The molecule has 1 heterocycles. The minimum absolute atomic E-state index is 0.867. The highest BCUT2D eigenvalue weighted by Gasteiger charge is 2.27. The van der Waals surface area contributed by atoms with Crippen molar-refractivity contribution in [3.8, 4) is 11.1 Å². The van der Waals surface area contributed by atoms with Gasteiger partial charge < -0.3 is 20.0 Å². The fourth-order valence-electron chi connectivity index (χ4n) is 10.1. The molecule has 0 aromatic heterocycles. The first-order valence-corrected chi connectivity index (χ1v) is 24.4. The molecule has 0 bridgehead atoms. The van der Waals surface area contributed by atoms with E-state index in [1.54, 1.807) is 0 Å². The van der Waals surface area contributed by atoms with E-state index in [2.05, 4.69) is 276 Å². The Bertz CT molecular complexity index is 3730. The molecule has 72 heavy (non-hydrogen) atoms. The fraction of sp³-hybridized carbons (Fsp3) is 0. The molecule has 0 unspecified atom stereocenters. The summed E-state index contributed by atoms with van der Waals surface area (Å²) in [6, 6.07) is 92.5. The second-order valence-corrected chi connectivity index (χ2v) is 18.1. The molecule has 11 aromatic rings. The van der Waals surface area contributed by atoms with Crippen LogP contribution in [0.3, 0.4) is 0 Å². The molecule has 1 aliphatic rings. The van der Waals surface area contributed by atoms with Crippen LogP contribution in [-0.4, -0.2) is 0 Å². The first-order valence-electron chi connectivity index (χ1n) is 24.4. The van der Waals surface area contributed by atoms with Gasteiger partial charge in [0.05, 0.1) is 11.4 Å². The lowest BCUT2D eigenvalue weighted by atomic mass is 9.88. The molecule has 0 radical (unpaired) electrons. The summed E-state index contributed by atoms with van der Waals surface area (Å²) in [5.41, 5.74) is 18.0. The van der Waals surface area contributed by atoms with Crippen LogP contribution in [0, 0.1) is 0 Å². The predicted octanol–water partition coefficient (Wildman–Crippen LogP) is 19.4. The molecule has 1 aliphatic heterocycles. The maximum Gasteiger partial charge on any atom is 0.0546 e. The van der Waals surface area contributed by atoms with Crippen molar-refractivity contribution < 1.29 is 0 Å². The Hall–Kier alpha value is -9.64. The van der Waals surface area contributed by atoms with Crippen molar-refractivity contribution in [1.82, 2.24) is 0 Å². The summed E-state index contributed by atoms with van der Waals surface area (Å²) in [5, 5.41) is 8.49. The lowest BCUT2D eigenvalue weighted by molar-refractivity contribution is 1.28. The van der Waals surface area contributed by atoms with Gasteiger partial charge in [0, 0.05) is 67.7 Å². The van der Waals surface area contributed by atoms with E-state index in [-0.39, 0.29) is 0 Å². The second-order valence-electron chi connectivity index (χ2n) is 18.1. The number of anilines is 11. The predicted molar refractivity (Wildman–Crippen MR) is 308 cm³/mol. The lowest BCUT2D eigenvalue weighted by Gasteiger charge is -2.34. The molecule has 0 saturated carbocycles. The third-order valence-corrected chi connectivity index (χ3v) is 13.5. The molecule has 1 N–H and O–H groups in total. The molecule has 0 fully saturated rings. The zero-order chi connectivity index (χ0) is 48.4. The van der Waals surface area contributed by atoms with Crippen LogP contribution in [0.25, 0.3) is 43.8 Å². The van der Waals surface area contributed by atoms with Gasteiger partial charge in [-0.15, -0.1) is 0 Å². The van der Waals surface area contributed by atoms with Crippen LogP contribution in [0.5, 0.6) is 0 Å². The molecule has 0 atom stereocenters. The quantitative estimate of drug-likeness (QED) is 0.116. The molecular formula is C68H50N4. The van der Waals surface area contributed by atoms with E-state index in [4.69, 9.17) is 0 Å². The van der Waals surface area contributed by atoms with Crippen molar-refractivity contribution in [1.29, 1.82) is 0 Å². The van der Waals surface area contributed by atoms with Gasteiger partial charge in [0.25, 0.3) is 0 Å². The van der Waals surface area contributed by atoms with Crippen LogP contribution in [-0.2, 0) is 0 Å². The standard InChI is InChI=1S/C68H50N4/c1-48(34-35-49(2)62-42-41-61(47-65(62)69-54-22-8-3-9-23-54)71(57-28-14-6-15-29-57)58-30-16-7-17-31-58)51-38-43-66-64(46-51)63-32-18-20-50-21-19-33-67(68(50)63)72(66)60-40-37-52-44-59(39-36-53(52)45-60)70(55-24-10-4-11-25-55)56-26-12-5-13-27-56/h3-47,69H,1-2H2/b35-34-. The summed E-state index contributed by atoms with van der Waals surface area (Å²) in [7, 11) is 0. The Morgan fingerprint density at radius 3 is 1.53 bits per heavy atom. The minimum atomic E-state index is 0.867. The summed E-state index contributed by atoms with van der Waals surface area (Å²) in [4.78, 5) is 7.01. The number of para-hydroxylation sites is 5. The van der Waals surface area contributed by atoms with Crippen molar-refractivity contribution in [2.75, 3.05) is 20.0 Å². The van der Waals surface area contributed by atoms with Crippen LogP contribution in [0.4, 0.5) is 62.6 Å². The number of rotatable bonds is 13. The number of allylic oxidation sites excluding steroid dienone is 4. The minimum Gasteiger partial charge on any atom is -0.355 e. The SMILES string of the molecule is C=C(/C=C\C(=C)c1ccc(N(c2ccccc2)c2ccccc2)cc1Nc1ccccc1)c1ccc2c(c1)-c1cccc3cccc(c13)N2c1ccc2cc(N(c3ccccc3)c3ccccc3)ccc2c1. The van der Waals surface area contributed by atoms with Gasteiger partial charge in [-0.1, -0.05) is 171 Å². The van der Waals surface area contributed by atoms with Gasteiger partial charge in [0.15, 0.2) is 0 Å². The molecule has 4 nitrogen and oxygen atoms in total. The highest BCUT2D eigenvalue weighted by atomic mass is 15.2. The number of hydrogen-bond acceptors (Lipinski definition) is 4. The number of hydrogen-bond donors (Lipinski definition) is 1. The van der Waals surface area contributed by atoms with E-state index >= 15 is 0 Å². The van der Waals surface area contributed by atoms with E-state index in [9.17, 15) is 0 Å². The van der Waals surface area contributed by atoms with E-state index in [1.807, 2.05) is 30.3 Å². The zero-order valence-corrected chi connectivity index (χ0v) is 39.7. The molecule has 11 aromatic carbocycles. The lowest BCUT2D eigenvalue weighted by Crippen LogP contribution is -2.15. The fourth-order valence-corrected chi connectivity index (χ4v) is 10.1. The largest absolute Gasteiger partial charge is 0.355 e. The summed E-state index contributed by atoms with van der Waals surface area (Å²) in [5.74, 6) is 0. The molecular weight excluding hydrogens is 873 g/mol. The van der Waals surface area contributed by atoms with Crippen molar-refractivity contribution in [3.05, 3.63) is 297 Å². The third kappa shape index (κ3) is 8.37.